The molecule has 4 heteroatoms. The lowest BCUT2D eigenvalue weighted by atomic mass is 9.98. The SMILES string of the molecule is CCCCNc1ccc(C(=O)Nc2c(C)cccc2C(C)C)nc1. The van der Waals surface area contributed by atoms with E-state index in [0.29, 0.717) is 11.6 Å². The van der Waals surface area contributed by atoms with Crippen molar-refractivity contribution in [3.63, 3.8) is 0 Å². The van der Waals surface area contributed by atoms with Crippen LogP contribution in [0.2, 0.25) is 0 Å². The van der Waals surface area contributed by atoms with E-state index in [1.54, 1.807) is 12.3 Å². The topological polar surface area (TPSA) is 54.0 Å². The Kier molecular flexibility index (Phi) is 6.36. The number of hydrogen-bond acceptors (Lipinski definition) is 3. The van der Waals surface area contributed by atoms with Gasteiger partial charge in [0.2, 0.25) is 0 Å². The lowest BCUT2D eigenvalue weighted by Crippen LogP contribution is -2.16. The highest BCUT2D eigenvalue weighted by molar-refractivity contribution is 6.03. The molecule has 0 aliphatic carbocycles. The summed E-state index contributed by atoms with van der Waals surface area (Å²) >= 11 is 0. The van der Waals surface area contributed by atoms with E-state index in [4.69, 9.17) is 0 Å². The van der Waals surface area contributed by atoms with Crippen molar-refractivity contribution in [2.45, 2.75) is 46.5 Å². The van der Waals surface area contributed by atoms with Gasteiger partial charge in [-0.15, -0.1) is 0 Å². The second-order valence-corrected chi connectivity index (χ2v) is 6.36. The molecule has 2 rings (SSSR count). The van der Waals surface area contributed by atoms with Crippen molar-refractivity contribution >= 4 is 17.3 Å². The predicted molar refractivity (Wildman–Crippen MR) is 101 cm³/mol. The molecule has 1 aromatic heterocycles. The molecule has 0 radical (unpaired) electrons. The first-order valence-electron chi connectivity index (χ1n) is 8.63. The minimum Gasteiger partial charge on any atom is -0.384 e. The van der Waals surface area contributed by atoms with Gasteiger partial charge in [-0.1, -0.05) is 45.4 Å². The van der Waals surface area contributed by atoms with Gasteiger partial charge in [0.15, 0.2) is 0 Å². The van der Waals surface area contributed by atoms with Crippen molar-refractivity contribution < 1.29 is 4.79 Å². The van der Waals surface area contributed by atoms with Crippen molar-refractivity contribution in [3.8, 4) is 0 Å². The van der Waals surface area contributed by atoms with Crippen LogP contribution in [0.4, 0.5) is 11.4 Å². The average Bonchev–Trinajstić information content (AvgIpc) is 2.57. The molecule has 0 aliphatic rings. The van der Waals surface area contributed by atoms with Crippen LogP contribution in [0.5, 0.6) is 0 Å². The predicted octanol–water partition coefficient (Wildman–Crippen LogP) is 4.98. The zero-order valence-corrected chi connectivity index (χ0v) is 15.0. The third-order valence-electron chi connectivity index (χ3n) is 4.02. The van der Waals surface area contributed by atoms with Gasteiger partial charge in [-0.25, -0.2) is 4.98 Å². The summed E-state index contributed by atoms with van der Waals surface area (Å²) in [7, 11) is 0. The number of carbonyl (C=O) groups excluding carboxylic acids is 1. The summed E-state index contributed by atoms with van der Waals surface area (Å²) in [6.45, 7) is 9.34. The largest absolute Gasteiger partial charge is 0.384 e. The fraction of sp³-hybridized carbons (Fsp3) is 0.400. The molecule has 0 fully saturated rings. The van der Waals surface area contributed by atoms with Crippen molar-refractivity contribution in [1.29, 1.82) is 0 Å². The molecule has 0 atom stereocenters. The van der Waals surface area contributed by atoms with Gasteiger partial charge in [0, 0.05) is 12.2 Å². The molecule has 2 aromatic rings. The van der Waals surface area contributed by atoms with E-state index in [1.165, 1.54) is 0 Å². The number of nitrogens with one attached hydrogen (secondary N) is 2. The number of pyridine rings is 1. The average molecular weight is 325 g/mol. The molecular formula is C20H27N3O. The van der Waals surface area contributed by atoms with Crippen LogP contribution >= 0.6 is 0 Å². The molecule has 0 aliphatic heterocycles. The second-order valence-electron chi connectivity index (χ2n) is 6.36. The quantitative estimate of drug-likeness (QED) is 0.706. The maximum Gasteiger partial charge on any atom is 0.274 e. The van der Waals surface area contributed by atoms with Gasteiger partial charge in [-0.3, -0.25) is 4.79 Å². The van der Waals surface area contributed by atoms with Crippen LogP contribution in [0.1, 0.15) is 61.1 Å². The third kappa shape index (κ3) is 4.57. The van der Waals surface area contributed by atoms with E-state index in [2.05, 4.69) is 42.5 Å². The first kappa shape index (κ1) is 18.0. The summed E-state index contributed by atoms with van der Waals surface area (Å²) in [5, 5.41) is 6.33. The zero-order chi connectivity index (χ0) is 17.5. The number of carbonyl (C=O) groups is 1. The van der Waals surface area contributed by atoms with Gasteiger partial charge in [0.1, 0.15) is 5.69 Å². The van der Waals surface area contributed by atoms with Crippen molar-refractivity contribution in [2.75, 3.05) is 17.2 Å². The Balaban J connectivity index is 2.10. The summed E-state index contributed by atoms with van der Waals surface area (Å²) in [5.41, 5.74) is 4.46. The number of aryl methyl sites for hydroxylation is 1. The number of nitrogens with zero attached hydrogens (tertiary/aromatic N) is 1. The molecule has 128 valence electrons. The first-order chi connectivity index (χ1) is 11.5. The van der Waals surface area contributed by atoms with Crippen LogP contribution in [0.25, 0.3) is 0 Å². The highest BCUT2D eigenvalue weighted by Gasteiger charge is 2.14. The minimum atomic E-state index is -0.175. The van der Waals surface area contributed by atoms with Crippen LogP contribution in [-0.2, 0) is 0 Å². The lowest BCUT2D eigenvalue weighted by Gasteiger charge is -2.16. The zero-order valence-electron chi connectivity index (χ0n) is 15.0. The Morgan fingerprint density at radius 2 is 2.00 bits per heavy atom. The lowest BCUT2D eigenvalue weighted by molar-refractivity contribution is 0.102. The van der Waals surface area contributed by atoms with E-state index in [9.17, 15) is 4.79 Å². The summed E-state index contributed by atoms with van der Waals surface area (Å²) in [5.74, 6) is 0.171. The van der Waals surface area contributed by atoms with Gasteiger partial charge >= 0.3 is 0 Å². The van der Waals surface area contributed by atoms with E-state index in [1.807, 2.05) is 25.1 Å². The molecule has 2 N–H and O–H groups in total. The summed E-state index contributed by atoms with van der Waals surface area (Å²) in [6.07, 6.45) is 3.98. The first-order valence-corrected chi connectivity index (χ1v) is 8.63. The Morgan fingerprint density at radius 3 is 2.62 bits per heavy atom. The van der Waals surface area contributed by atoms with E-state index >= 15 is 0 Å². The van der Waals surface area contributed by atoms with Gasteiger partial charge < -0.3 is 10.6 Å². The summed E-state index contributed by atoms with van der Waals surface area (Å²) in [6, 6.07) is 9.75. The van der Waals surface area contributed by atoms with Gasteiger partial charge in [0.25, 0.3) is 5.91 Å². The van der Waals surface area contributed by atoms with Crippen molar-refractivity contribution in [2.24, 2.45) is 0 Å². The van der Waals surface area contributed by atoms with Crippen LogP contribution < -0.4 is 10.6 Å². The number of rotatable bonds is 7. The monoisotopic (exact) mass is 325 g/mol. The number of aromatic nitrogens is 1. The fourth-order valence-corrected chi connectivity index (χ4v) is 2.56. The molecule has 0 unspecified atom stereocenters. The molecule has 24 heavy (non-hydrogen) atoms. The smallest absolute Gasteiger partial charge is 0.274 e. The van der Waals surface area contributed by atoms with Crippen LogP contribution in [0.15, 0.2) is 36.5 Å². The highest BCUT2D eigenvalue weighted by Crippen LogP contribution is 2.27. The van der Waals surface area contributed by atoms with Crippen LogP contribution in [0.3, 0.4) is 0 Å². The molecular weight excluding hydrogens is 298 g/mol. The van der Waals surface area contributed by atoms with Crippen LogP contribution in [0, 0.1) is 6.92 Å². The molecule has 4 nitrogen and oxygen atoms in total. The summed E-state index contributed by atoms with van der Waals surface area (Å²) < 4.78 is 0. The molecule has 0 spiro atoms. The van der Waals surface area contributed by atoms with Gasteiger partial charge in [-0.2, -0.15) is 0 Å². The Morgan fingerprint density at radius 1 is 1.21 bits per heavy atom. The molecule has 0 bridgehead atoms. The van der Waals surface area contributed by atoms with E-state index in [0.717, 1.165) is 41.9 Å². The fourth-order valence-electron chi connectivity index (χ4n) is 2.56. The second kappa shape index (κ2) is 8.48. The Bertz CT molecular complexity index is 678. The van der Waals surface area contributed by atoms with Crippen LogP contribution in [-0.4, -0.2) is 17.4 Å². The van der Waals surface area contributed by atoms with E-state index in [-0.39, 0.29) is 5.91 Å². The van der Waals surface area contributed by atoms with E-state index < -0.39 is 0 Å². The molecule has 0 saturated carbocycles. The number of amides is 1. The third-order valence-corrected chi connectivity index (χ3v) is 4.02. The molecule has 0 saturated heterocycles. The molecule has 1 aromatic carbocycles. The Labute approximate surface area is 144 Å². The number of hydrogen-bond donors (Lipinski definition) is 2. The highest BCUT2D eigenvalue weighted by atomic mass is 16.1. The number of para-hydroxylation sites is 1. The maximum atomic E-state index is 12.5. The number of anilines is 2. The molecule has 1 amide bonds. The molecule has 1 heterocycles. The standard InChI is InChI=1S/C20H27N3O/c1-5-6-12-21-16-10-11-18(22-13-16)20(24)23-19-15(4)8-7-9-17(19)14(2)3/h7-11,13-14,21H,5-6,12H2,1-4H3,(H,23,24). The maximum absolute atomic E-state index is 12.5. The number of benzene rings is 1. The van der Waals surface area contributed by atoms with Crippen molar-refractivity contribution in [1.82, 2.24) is 4.98 Å². The van der Waals surface area contributed by atoms with Gasteiger partial charge in [-0.05, 0) is 42.5 Å². The minimum absolute atomic E-state index is 0.175. The van der Waals surface area contributed by atoms with Crippen molar-refractivity contribution in [3.05, 3.63) is 53.3 Å². The normalized spacial score (nSPS) is 10.7. The summed E-state index contributed by atoms with van der Waals surface area (Å²) in [4.78, 5) is 16.8. The number of unbranched alkanes of at least 4 members (excludes halogenated alkanes) is 1. The Hall–Kier alpha value is -2.36. The van der Waals surface area contributed by atoms with Gasteiger partial charge in [0.05, 0.1) is 11.9 Å².